The van der Waals surface area contributed by atoms with Crippen molar-refractivity contribution in [3.8, 4) is 0 Å². The lowest BCUT2D eigenvalue weighted by molar-refractivity contribution is -0.140. The molecule has 2 aromatic rings. The van der Waals surface area contributed by atoms with Gasteiger partial charge in [-0.05, 0) is 6.92 Å². The van der Waals surface area contributed by atoms with E-state index in [4.69, 9.17) is 0 Å². The van der Waals surface area contributed by atoms with E-state index in [1.54, 1.807) is 6.92 Å². The number of alkyl halides is 3. The molecule has 1 N–H and O–H groups in total. The first-order valence-electron chi connectivity index (χ1n) is 5.47. The van der Waals surface area contributed by atoms with Gasteiger partial charge in [0.1, 0.15) is 10.7 Å². The van der Waals surface area contributed by atoms with E-state index in [0.29, 0.717) is 0 Å². The maximum absolute atomic E-state index is 12.4. The van der Waals surface area contributed by atoms with Gasteiger partial charge in [0.25, 0.3) is 5.91 Å². The zero-order valence-electron chi connectivity index (χ0n) is 10.5. The van der Waals surface area contributed by atoms with Crippen molar-refractivity contribution in [3.63, 3.8) is 0 Å². The van der Waals surface area contributed by atoms with E-state index in [-0.39, 0.29) is 10.7 Å². The molecule has 0 fully saturated rings. The summed E-state index contributed by atoms with van der Waals surface area (Å²) in [5.74, 6) is -0.478. The van der Waals surface area contributed by atoms with Crippen molar-refractivity contribution in [1.29, 1.82) is 0 Å². The number of carbonyl (C=O) groups excluding carboxylic acids is 1. The Labute approximate surface area is 115 Å². The van der Waals surface area contributed by atoms with Crippen LogP contribution in [0.25, 0.3) is 0 Å². The normalized spacial score (nSPS) is 13.2. The highest BCUT2D eigenvalue weighted by molar-refractivity contribution is 7.09. The summed E-state index contributed by atoms with van der Waals surface area (Å²) in [6, 6.07) is -0.640. The Balaban J connectivity index is 2.09. The summed E-state index contributed by atoms with van der Waals surface area (Å²) in [4.78, 5) is 15.3. The van der Waals surface area contributed by atoms with E-state index >= 15 is 0 Å². The first-order chi connectivity index (χ1) is 9.29. The molecule has 2 heterocycles. The summed E-state index contributed by atoms with van der Waals surface area (Å²) in [5, 5.41) is 10.8. The number of thiazole rings is 1. The Bertz CT molecular complexity index is 620. The number of aryl methyl sites for hydroxylation is 1. The number of aromatic nitrogens is 4. The third-order valence-electron chi connectivity index (χ3n) is 2.48. The minimum absolute atomic E-state index is 0.181. The lowest BCUT2D eigenvalue weighted by Crippen LogP contribution is -2.28. The molecule has 0 saturated heterocycles. The molecule has 0 aliphatic heterocycles. The summed E-state index contributed by atoms with van der Waals surface area (Å²) in [6.07, 6.45) is -3.21. The van der Waals surface area contributed by atoms with Crippen LogP contribution in [0.15, 0.2) is 11.6 Å². The molecule has 108 valence electrons. The van der Waals surface area contributed by atoms with Crippen LogP contribution < -0.4 is 5.32 Å². The molecule has 0 bridgehead atoms. The predicted octanol–water partition coefficient (Wildman–Crippen LogP) is 1.78. The van der Waals surface area contributed by atoms with Crippen molar-refractivity contribution in [2.75, 3.05) is 0 Å². The van der Waals surface area contributed by atoms with E-state index < -0.39 is 23.8 Å². The Hall–Kier alpha value is -1.97. The fourth-order valence-corrected chi connectivity index (χ4v) is 2.28. The highest BCUT2D eigenvalue weighted by Crippen LogP contribution is 2.31. The molecule has 0 radical (unpaired) electrons. The molecule has 1 unspecified atom stereocenters. The minimum Gasteiger partial charge on any atom is -0.342 e. The summed E-state index contributed by atoms with van der Waals surface area (Å²) in [7, 11) is 1.54. The van der Waals surface area contributed by atoms with Crippen molar-refractivity contribution >= 4 is 17.2 Å². The summed E-state index contributed by atoms with van der Waals surface area (Å²) in [6.45, 7) is 1.56. The molecule has 0 saturated carbocycles. The Kier molecular flexibility index (Phi) is 3.75. The van der Waals surface area contributed by atoms with Gasteiger partial charge in [-0.2, -0.15) is 13.2 Å². The van der Waals surface area contributed by atoms with Gasteiger partial charge in [0.05, 0.1) is 12.2 Å². The van der Waals surface area contributed by atoms with Gasteiger partial charge in [0.15, 0.2) is 5.69 Å². The van der Waals surface area contributed by atoms with E-state index in [1.807, 2.05) is 0 Å². The molecule has 0 aromatic carbocycles. The number of carbonyl (C=O) groups is 1. The molecule has 6 nitrogen and oxygen atoms in total. The van der Waals surface area contributed by atoms with Gasteiger partial charge in [0.2, 0.25) is 0 Å². The van der Waals surface area contributed by atoms with Crippen molar-refractivity contribution < 1.29 is 18.0 Å². The molecule has 20 heavy (non-hydrogen) atoms. The minimum atomic E-state index is -4.48. The zero-order valence-corrected chi connectivity index (χ0v) is 11.3. The average Bonchev–Trinajstić information content (AvgIpc) is 2.95. The molecular formula is C10H10F3N5OS. The van der Waals surface area contributed by atoms with Gasteiger partial charge >= 0.3 is 6.18 Å². The second-order valence-electron chi connectivity index (χ2n) is 4.01. The lowest BCUT2D eigenvalue weighted by Gasteiger charge is -2.10. The van der Waals surface area contributed by atoms with Crippen LogP contribution in [0.5, 0.6) is 0 Å². The molecule has 10 heteroatoms. The van der Waals surface area contributed by atoms with Crippen molar-refractivity contribution in [1.82, 2.24) is 25.3 Å². The Morgan fingerprint density at radius 2 is 2.20 bits per heavy atom. The number of hydrogen-bond acceptors (Lipinski definition) is 5. The molecule has 2 aromatic heterocycles. The Morgan fingerprint density at radius 1 is 1.50 bits per heavy atom. The second-order valence-corrected chi connectivity index (χ2v) is 4.90. The highest BCUT2D eigenvalue weighted by atomic mass is 32.1. The summed E-state index contributed by atoms with van der Waals surface area (Å²) in [5.41, 5.74) is -0.745. The van der Waals surface area contributed by atoms with Gasteiger partial charge in [-0.1, -0.05) is 5.21 Å². The number of nitrogens with one attached hydrogen (secondary N) is 1. The molecule has 2 rings (SSSR count). The predicted molar refractivity (Wildman–Crippen MR) is 64.0 cm³/mol. The maximum Gasteiger partial charge on any atom is 0.434 e. The third kappa shape index (κ3) is 2.95. The molecule has 0 spiro atoms. The van der Waals surface area contributed by atoms with Crippen LogP contribution >= 0.6 is 11.3 Å². The van der Waals surface area contributed by atoms with Crippen LogP contribution in [0.2, 0.25) is 0 Å². The molecular weight excluding hydrogens is 295 g/mol. The second kappa shape index (κ2) is 5.19. The number of nitrogens with zero attached hydrogens (tertiary/aromatic N) is 4. The van der Waals surface area contributed by atoms with E-state index in [9.17, 15) is 18.0 Å². The topological polar surface area (TPSA) is 72.7 Å². The monoisotopic (exact) mass is 305 g/mol. The first kappa shape index (κ1) is 14.4. The molecule has 0 aliphatic rings. The van der Waals surface area contributed by atoms with E-state index in [2.05, 4.69) is 20.6 Å². The molecule has 0 aliphatic carbocycles. The van der Waals surface area contributed by atoms with Crippen LogP contribution in [0, 0.1) is 0 Å². The fourth-order valence-electron chi connectivity index (χ4n) is 1.44. The quantitative estimate of drug-likeness (QED) is 0.938. The zero-order chi connectivity index (χ0) is 14.9. The van der Waals surface area contributed by atoms with E-state index in [0.717, 1.165) is 16.7 Å². The van der Waals surface area contributed by atoms with E-state index in [1.165, 1.54) is 17.9 Å². The van der Waals surface area contributed by atoms with Crippen LogP contribution in [0.3, 0.4) is 0 Å². The summed E-state index contributed by atoms with van der Waals surface area (Å²) >= 11 is 0.844. The van der Waals surface area contributed by atoms with Gasteiger partial charge in [0, 0.05) is 12.4 Å². The largest absolute Gasteiger partial charge is 0.434 e. The van der Waals surface area contributed by atoms with Gasteiger partial charge in [-0.3, -0.25) is 4.79 Å². The van der Waals surface area contributed by atoms with Gasteiger partial charge in [-0.25, -0.2) is 9.67 Å². The number of amides is 1. The number of hydrogen-bond donors (Lipinski definition) is 1. The number of halogens is 3. The smallest absolute Gasteiger partial charge is 0.342 e. The standard InChI is InChI=1S/C10H10F3N5OS/c1-5(9-16-7(4-20-9)10(11,12)13)15-8(19)6-3-14-17-18(6)2/h3-5H,1-2H3,(H,15,19). The molecule has 1 amide bonds. The fraction of sp³-hybridized carbons (Fsp3) is 0.400. The van der Waals surface area contributed by atoms with Crippen LogP contribution in [-0.2, 0) is 13.2 Å². The maximum atomic E-state index is 12.4. The van der Waals surface area contributed by atoms with Crippen LogP contribution in [0.1, 0.15) is 34.2 Å². The van der Waals surface area contributed by atoms with Crippen LogP contribution in [0.4, 0.5) is 13.2 Å². The number of rotatable bonds is 3. The highest BCUT2D eigenvalue weighted by Gasteiger charge is 2.34. The molecule has 1 atom stereocenters. The average molecular weight is 305 g/mol. The Morgan fingerprint density at radius 3 is 2.70 bits per heavy atom. The lowest BCUT2D eigenvalue weighted by atomic mass is 10.3. The SMILES string of the molecule is CC(NC(=O)c1cnnn1C)c1nc(C(F)(F)F)cs1. The van der Waals surface area contributed by atoms with Crippen molar-refractivity contribution in [3.05, 3.63) is 28.0 Å². The van der Waals surface area contributed by atoms with Gasteiger partial charge < -0.3 is 5.32 Å². The first-order valence-corrected chi connectivity index (χ1v) is 6.35. The summed E-state index contributed by atoms with van der Waals surface area (Å²) < 4.78 is 38.6. The third-order valence-corrected chi connectivity index (χ3v) is 3.50. The van der Waals surface area contributed by atoms with Gasteiger partial charge in [-0.15, -0.1) is 16.4 Å². The van der Waals surface area contributed by atoms with Crippen molar-refractivity contribution in [2.24, 2.45) is 7.05 Å². The van der Waals surface area contributed by atoms with Crippen LogP contribution in [-0.4, -0.2) is 25.9 Å². The van der Waals surface area contributed by atoms with Crippen molar-refractivity contribution in [2.45, 2.75) is 19.1 Å².